The van der Waals surface area contributed by atoms with Crippen LogP contribution >= 0.6 is 0 Å². The molecule has 8 heteroatoms. The first-order valence-electron chi connectivity index (χ1n) is 12.9. The lowest BCUT2D eigenvalue weighted by molar-refractivity contribution is -0.127. The van der Waals surface area contributed by atoms with Crippen LogP contribution in [0.3, 0.4) is 0 Å². The molecule has 2 aliphatic heterocycles. The third-order valence-electron chi connectivity index (χ3n) is 7.92. The quantitative estimate of drug-likeness (QED) is 0.492. The molecule has 2 N–H and O–H groups in total. The fourth-order valence-corrected chi connectivity index (χ4v) is 5.25. The van der Waals surface area contributed by atoms with Crippen LogP contribution in [-0.2, 0) is 16.8 Å². The van der Waals surface area contributed by atoms with Crippen LogP contribution in [0.25, 0.3) is 0 Å². The van der Waals surface area contributed by atoms with E-state index in [1.165, 1.54) is 11.8 Å². The van der Waals surface area contributed by atoms with Gasteiger partial charge in [0.15, 0.2) is 5.82 Å². The Morgan fingerprint density at radius 3 is 2.22 bits per heavy atom. The Hall–Kier alpha value is -3.23. The summed E-state index contributed by atoms with van der Waals surface area (Å²) in [5, 5.41) is 0. The Morgan fingerprint density at radius 1 is 1.03 bits per heavy atom. The number of nitrogens with two attached hydrogens (primary N) is 1. The van der Waals surface area contributed by atoms with Crippen molar-refractivity contribution in [3.63, 3.8) is 0 Å². The highest BCUT2D eigenvalue weighted by molar-refractivity contribution is 5.42. The lowest BCUT2D eigenvalue weighted by Crippen LogP contribution is -2.66. The van der Waals surface area contributed by atoms with E-state index in [-0.39, 0.29) is 35.3 Å². The number of hydrogen-bond acceptors (Lipinski definition) is 7. The molecule has 3 aliphatic rings. The number of ether oxygens (including phenoxy) is 3. The average Bonchev–Trinajstić information content (AvgIpc) is 2.82. The summed E-state index contributed by atoms with van der Waals surface area (Å²) in [5.41, 5.74) is 8.49. The van der Waals surface area contributed by atoms with E-state index in [4.69, 9.17) is 19.9 Å². The highest BCUT2D eigenvalue weighted by atomic mass is 19.1. The van der Waals surface area contributed by atoms with Gasteiger partial charge in [-0.25, -0.2) is 14.4 Å². The molecule has 6 rings (SSSR count). The standard InChI is InChI=1S/C29H33FN4O3/c1-28(2,20-5-9-23(10-6-20)37-24-11-21(31)12-24)19-3-7-22(8-4-19)36-14-26-25(30)13-32-27(33-26)34-15-29(16-34)17-35-18-29/h3-10,13,21,24H,11-12,14-18,31H2,1-2H3. The van der Waals surface area contributed by atoms with E-state index in [0.717, 1.165) is 50.5 Å². The SMILES string of the molecule is CC(C)(c1ccc(OCc2nc(N3CC4(COC4)C3)ncc2F)cc1)c1ccc(OC2CC(N)C2)cc1. The van der Waals surface area contributed by atoms with E-state index in [2.05, 4.69) is 53.0 Å². The van der Waals surface area contributed by atoms with Crippen molar-refractivity contribution >= 4 is 5.95 Å². The molecule has 0 bridgehead atoms. The highest BCUT2D eigenvalue weighted by Crippen LogP contribution is 2.39. The minimum absolute atomic E-state index is 0.0412. The van der Waals surface area contributed by atoms with Crippen molar-refractivity contribution in [2.24, 2.45) is 11.1 Å². The van der Waals surface area contributed by atoms with E-state index < -0.39 is 5.82 Å². The van der Waals surface area contributed by atoms with Crippen LogP contribution in [0.5, 0.6) is 11.5 Å². The maximum Gasteiger partial charge on any atom is 0.225 e. The number of aromatic nitrogens is 2. The van der Waals surface area contributed by atoms with E-state index in [0.29, 0.717) is 11.7 Å². The molecule has 1 saturated carbocycles. The van der Waals surface area contributed by atoms with Gasteiger partial charge in [0.05, 0.1) is 24.8 Å². The zero-order valence-corrected chi connectivity index (χ0v) is 21.3. The second-order valence-corrected chi connectivity index (χ2v) is 11.2. The molecular weight excluding hydrogens is 471 g/mol. The van der Waals surface area contributed by atoms with Gasteiger partial charge in [-0.3, -0.25) is 0 Å². The molecule has 0 radical (unpaired) electrons. The van der Waals surface area contributed by atoms with Crippen LogP contribution in [-0.4, -0.2) is 48.4 Å². The molecule has 2 saturated heterocycles. The van der Waals surface area contributed by atoms with E-state index in [9.17, 15) is 4.39 Å². The van der Waals surface area contributed by atoms with Crippen molar-refractivity contribution in [3.05, 3.63) is 77.4 Å². The normalized spacial score (nSPS) is 22.1. The smallest absolute Gasteiger partial charge is 0.225 e. The maximum absolute atomic E-state index is 14.4. The number of anilines is 1. The van der Waals surface area contributed by atoms with Crippen LogP contribution in [0, 0.1) is 11.2 Å². The van der Waals surface area contributed by atoms with Crippen LogP contribution < -0.4 is 20.1 Å². The van der Waals surface area contributed by atoms with Gasteiger partial charge in [0.25, 0.3) is 0 Å². The van der Waals surface area contributed by atoms with Crippen LogP contribution in [0.4, 0.5) is 10.3 Å². The van der Waals surface area contributed by atoms with E-state index in [1.807, 2.05) is 24.3 Å². The molecule has 0 unspecified atom stereocenters. The first-order chi connectivity index (χ1) is 17.8. The van der Waals surface area contributed by atoms with Gasteiger partial charge in [0.1, 0.15) is 29.9 Å². The summed E-state index contributed by atoms with van der Waals surface area (Å²) in [6.07, 6.45) is 3.30. The molecule has 1 spiro atoms. The van der Waals surface area contributed by atoms with Crippen molar-refractivity contribution < 1.29 is 18.6 Å². The van der Waals surface area contributed by atoms with Crippen molar-refractivity contribution in [1.82, 2.24) is 9.97 Å². The number of nitrogens with zero attached hydrogens (tertiary/aromatic N) is 3. The Bertz CT molecular complexity index is 1250. The maximum atomic E-state index is 14.4. The van der Waals surface area contributed by atoms with Crippen LogP contribution in [0.15, 0.2) is 54.7 Å². The summed E-state index contributed by atoms with van der Waals surface area (Å²) in [5.74, 6) is 1.63. The lowest BCUT2D eigenvalue weighted by atomic mass is 9.78. The molecule has 3 fully saturated rings. The minimum atomic E-state index is -0.462. The molecule has 194 valence electrons. The third-order valence-corrected chi connectivity index (χ3v) is 7.92. The average molecular weight is 505 g/mol. The zero-order chi connectivity index (χ0) is 25.6. The highest BCUT2D eigenvalue weighted by Gasteiger charge is 2.50. The first kappa shape index (κ1) is 24.1. The number of halogens is 1. The fourth-order valence-electron chi connectivity index (χ4n) is 5.25. The predicted molar refractivity (Wildman–Crippen MR) is 138 cm³/mol. The Labute approximate surface area is 216 Å². The van der Waals surface area contributed by atoms with Gasteiger partial charge in [-0.2, -0.15) is 0 Å². The van der Waals surface area contributed by atoms with Crippen molar-refractivity contribution in [2.45, 2.75) is 50.9 Å². The topological polar surface area (TPSA) is 82.7 Å². The largest absolute Gasteiger partial charge is 0.490 e. The molecular formula is C29H33FN4O3. The molecule has 3 aromatic rings. The molecule has 0 atom stereocenters. The van der Waals surface area contributed by atoms with Gasteiger partial charge < -0.3 is 24.8 Å². The Morgan fingerprint density at radius 2 is 1.65 bits per heavy atom. The Balaban J connectivity index is 1.07. The molecule has 3 heterocycles. The first-order valence-corrected chi connectivity index (χ1v) is 12.9. The molecule has 37 heavy (non-hydrogen) atoms. The summed E-state index contributed by atoms with van der Waals surface area (Å²) in [6.45, 7) is 7.68. The summed E-state index contributed by atoms with van der Waals surface area (Å²) in [7, 11) is 0. The van der Waals surface area contributed by atoms with Gasteiger partial charge in [0.2, 0.25) is 5.95 Å². The summed E-state index contributed by atoms with van der Waals surface area (Å²) in [6, 6.07) is 16.5. The van der Waals surface area contributed by atoms with Crippen LogP contribution in [0.2, 0.25) is 0 Å². The molecule has 2 aromatic carbocycles. The minimum Gasteiger partial charge on any atom is -0.490 e. The predicted octanol–water partition coefficient (Wildman–Crippen LogP) is 4.23. The second kappa shape index (κ2) is 9.26. The van der Waals surface area contributed by atoms with Gasteiger partial charge in [-0.15, -0.1) is 0 Å². The van der Waals surface area contributed by atoms with Crippen LogP contribution in [0.1, 0.15) is 43.5 Å². The summed E-state index contributed by atoms with van der Waals surface area (Å²) in [4.78, 5) is 10.7. The van der Waals surface area contributed by atoms with Crippen molar-refractivity contribution in [2.75, 3.05) is 31.2 Å². The monoisotopic (exact) mass is 504 g/mol. The second-order valence-electron chi connectivity index (χ2n) is 11.2. The summed E-state index contributed by atoms with van der Waals surface area (Å²) >= 11 is 0. The molecule has 0 amide bonds. The fraction of sp³-hybridized carbons (Fsp3) is 0.448. The summed E-state index contributed by atoms with van der Waals surface area (Å²) < 4.78 is 31.6. The van der Waals surface area contributed by atoms with Gasteiger partial charge in [-0.05, 0) is 48.2 Å². The third kappa shape index (κ3) is 4.76. The molecule has 7 nitrogen and oxygen atoms in total. The van der Waals surface area contributed by atoms with Gasteiger partial charge in [0, 0.05) is 24.5 Å². The number of hydrogen-bond donors (Lipinski definition) is 1. The van der Waals surface area contributed by atoms with E-state index in [1.54, 1.807) is 0 Å². The Kier molecular flexibility index (Phi) is 6.04. The van der Waals surface area contributed by atoms with Gasteiger partial charge in [-0.1, -0.05) is 38.1 Å². The van der Waals surface area contributed by atoms with Gasteiger partial charge >= 0.3 is 0 Å². The number of rotatable bonds is 8. The molecule has 1 aliphatic carbocycles. The van der Waals surface area contributed by atoms with Crippen molar-refractivity contribution in [3.8, 4) is 11.5 Å². The lowest BCUT2D eigenvalue weighted by Gasteiger charge is -2.54. The van der Waals surface area contributed by atoms with E-state index >= 15 is 0 Å². The molecule has 1 aromatic heterocycles. The zero-order valence-electron chi connectivity index (χ0n) is 21.3. The number of benzene rings is 2. The van der Waals surface area contributed by atoms with Crippen molar-refractivity contribution in [1.29, 1.82) is 0 Å².